The Hall–Kier alpha value is -0.640. The molecule has 4 heteroatoms. The minimum Gasteiger partial charge on any atom is -0.294 e. The molecule has 1 atom stereocenters. The Labute approximate surface area is 72.3 Å². The van der Waals surface area contributed by atoms with Crippen LogP contribution in [0.25, 0.3) is 0 Å². The molecule has 0 spiro atoms. The lowest BCUT2D eigenvalue weighted by Crippen LogP contribution is -2.10. The first-order valence-electron chi connectivity index (χ1n) is 3.49. The third-order valence-electron chi connectivity index (χ3n) is 1.91. The molecule has 0 saturated heterocycles. The Balaban J connectivity index is 2.51. The average Bonchev–Trinajstić information content (AvgIpc) is 2.45. The summed E-state index contributed by atoms with van der Waals surface area (Å²) in [5, 5.41) is 6.65. The van der Waals surface area contributed by atoms with Crippen molar-refractivity contribution in [2.75, 3.05) is 0 Å². The molecule has 3 nitrogen and oxygen atoms in total. The number of H-pyrrole nitrogens is 1. The number of aromatic nitrogens is 2. The van der Waals surface area contributed by atoms with Crippen molar-refractivity contribution in [3.63, 3.8) is 0 Å². The van der Waals surface area contributed by atoms with Crippen LogP contribution in [0.15, 0.2) is 6.20 Å². The van der Waals surface area contributed by atoms with Gasteiger partial charge in [-0.2, -0.15) is 5.10 Å². The SMILES string of the molecule is O=C1CCC(Br)c2[nH]ncc21. The number of aromatic amines is 1. The second-order valence-corrected chi connectivity index (χ2v) is 3.73. The Morgan fingerprint density at radius 1 is 1.73 bits per heavy atom. The molecule has 1 unspecified atom stereocenters. The fraction of sp³-hybridized carbons (Fsp3) is 0.429. The molecule has 1 N–H and O–H groups in total. The van der Waals surface area contributed by atoms with Gasteiger partial charge in [0.05, 0.1) is 22.3 Å². The average molecular weight is 215 g/mol. The van der Waals surface area contributed by atoms with Crippen LogP contribution in [0.4, 0.5) is 0 Å². The van der Waals surface area contributed by atoms with E-state index in [-0.39, 0.29) is 10.6 Å². The Morgan fingerprint density at radius 2 is 2.55 bits per heavy atom. The standard InChI is InChI=1S/C7H7BrN2O/c8-5-1-2-6(11)4-3-9-10-7(4)5/h3,5H,1-2H2,(H,9,10). The van der Waals surface area contributed by atoms with Crippen LogP contribution in [0, 0.1) is 0 Å². The van der Waals surface area contributed by atoms with Gasteiger partial charge in [0.25, 0.3) is 0 Å². The number of hydrogen-bond donors (Lipinski definition) is 1. The molecule has 1 heterocycles. The fourth-order valence-corrected chi connectivity index (χ4v) is 1.87. The molecule has 0 amide bonds. The number of Topliss-reactive ketones (excluding diaryl/α,β-unsaturated/α-hetero) is 1. The number of nitrogens with zero attached hydrogens (tertiary/aromatic N) is 1. The molecule has 0 bridgehead atoms. The minimum atomic E-state index is 0.199. The number of rotatable bonds is 0. The van der Waals surface area contributed by atoms with Crippen LogP contribution >= 0.6 is 15.9 Å². The first-order chi connectivity index (χ1) is 5.29. The van der Waals surface area contributed by atoms with Crippen molar-refractivity contribution in [1.82, 2.24) is 10.2 Å². The van der Waals surface area contributed by atoms with Crippen molar-refractivity contribution < 1.29 is 4.79 Å². The van der Waals surface area contributed by atoms with Gasteiger partial charge in [0.15, 0.2) is 5.78 Å². The molecule has 1 aromatic heterocycles. The van der Waals surface area contributed by atoms with Crippen LogP contribution in [0.2, 0.25) is 0 Å². The normalized spacial score (nSPS) is 23.4. The van der Waals surface area contributed by atoms with Gasteiger partial charge >= 0.3 is 0 Å². The molecule has 0 aliphatic heterocycles. The number of alkyl halides is 1. The van der Waals surface area contributed by atoms with Crippen molar-refractivity contribution >= 4 is 21.7 Å². The van der Waals surface area contributed by atoms with Crippen LogP contribution in [0.5, 0.6) is 0 Å². The Morgan fingerprint density at radius 3 is 3.27 bits per heavy atom. The summed E-state index contributed by atoms with van der Waals surface area (Å²) in [4.78, 5) is 11.5. The molecule has 0 saturated carbocycles. The second-order valence-electron chi connectivity index (χ2n) is 2.63. The Kier molecular flexibility index (Phi) is 1.56. The molecule has 0 fully saturated rings. The Bertz CT molecular complexity index is 294. The fourth-order valence-electron chi connectivity index (χ4n) is 1.29. The summed E-state index contributed by atoms with van der Waals surface area (Å²) < 4.78 is 0. The number of halogens is 1. The summed E-state index contributed by atoms with van der Waals surface area (Å²) in [6.07, 6.45) is 3.10. The molecular formula is C7H7BrN2O. The zero-order valence-corrected chi connectivity index (χ0v) is 7.39. The number of nitrogens with one attached hydrogen (secondary N) is 1. The van der Waals surface area contributed by atoms with E-state index >= 15 is 0 Å². The van der Waals surface area contributed by atoms with Gasteiger partial charge in [0, 0.05) is 6.42 Å². The summed E-state index contributed by atoms with van der Waals surface area (Å²) >= 11 is 3.47. The highest BCUT2D eigenvalue weighted by molar-refractivity contribution is 9.09. The molecular weight excluding hydrogens is 208 g/mol. The summed E-state index contributed by atoms with van der Waals surface area (Å²) in [6.45, 7) is 0. The van der Waals surface area contributed by atoms with Gasteiger partial charge in [-0.3, -0.25) is 9.89 Å². The van der Waals surface area contributed by atoms with Gasteiger partial charge in [-0.1, -0.05) is 15.9 Å². The molecule has 0 aromatic carbocycles. The van der Waals surface area contributed by atoms with Crippen LogP contribution in [0.1, 0.15) is 33.7 Å². The van der Waals surface area contributed by atoms with E-state index in [9.17, 15) is 4.79 Å². The van der Waals surface area contributed by atoms with Crippen molar-refractivity contribution in [3.05, 3.63) is 17.5 Å². The molecule has 0 radical (unpaired) electrons. The van der Waals surface area contributed by atoms with Crippen LogP contribution in [-0.2, 0) is 0 Å². The van der Waals surface area contributed by atoms with Crippen molar-refractivity contribution in [3.8, 4) is 0 Å². The number of hydrogen-bond acceptors (Lipinski definition) is 2. The highest BCUT2D eigenvalue weighted by Crippen LogP contribution is 2.33. The predicted octanol–water partition coefficient (Wildman–Crippen LogP) is 1.82. The van der Waals surface area contributed by atoms with E-state index in [0.29, 0.717) is 6.42 Å². The number of carbonyl (C=O) groups is 1. The minimum absolute atomic E-state index is 0.199. The van der Waals surface area contributed by atoms with E-state index in [1.807, 2.05) is 0 Å². The van der Waals surface area contributed by atoms with Gasteiger partial charge in [-0.25, -0.2) is 0 Å². The highest BCUT2D eigenvalue weighted by Gasteiger charge is 2.25. The predicted molar refractivity (Wildman–Crippen MR) is 43.8 cm³/mol. The van der Waals surface area contributed by atoms with Gasteiger partial charge in [-0.05, 0) is 6.42 Å². The molecule has 1 aliphatic rings. The van der Waals surface area contributed by atoms with Crippen molar-refractivity contribution in [1.29, 1.82) is 0 Å². The zero-order chi connectivity index (χ0) is 7.84. The quantitative estimate of drug-likeness (QED) is 0.671. The van der Waals surface area contributed by atoms with Crippen LogP contribution < -0.4 is 0 Å². The van der Waals surface area contributed by atoms with E-state index in [1.165, 1.54) is 0 Å². The molecule has 58 valence electrons. The summed E-state index contributed by atoms with van der Waals surface area (Å²) in [5.74, 6) is 0.199. The maximum Gasteiger partial charge on any atom is 0.166 e. The van der Waals surface area contributed by atoms with Crippen LogP contribution in [0.3, 0.4) is 0 Å². The maximum absolute atomic E-state index is 11.2. The van der Waals surface area contributed by atoms with Gasteiger partial charge in [-0.15, -0.1) is 0 Å². The molecule has 1 aliphatic carbocycles. The first-order valence-corrected chi connectivity index (χ1v) is 4.41. The van der Waals surface area contributed by atoms with Gasteiger partial charge in [0.1, 0.15) is 0 Å². The monoisotopic (exact) mass is 214 g/mol. The van der Waals surface area contributed by atoms with E-state index in [4.69, 9.17) is 0 Å². The lowest BCUT2D eigenvalue weighted by molar-refractivity contribution is 0.0972. The topological polar surface area (TPSA) is 45.8 Å². The highest BCUT2D eigenvalue weighted by atomic mass is 79.9. The van der Waals surface area contributed by atoms with Crippen molar-refractivity contribution in [2.45, 2.75) is 17.7 Å². The smallest absolute Gasteiger partial charge is 0.166 e. The van der Waals surface area contributed by atoms with E-state index in [1.54, 1.807) is 6.20 Å². The third-order valence-corrected chi connectivity index (χ3v) is 2.82. The third kappa shape index (κ3) is 1.01. The number of carbonyl (C=O) groups excluding carboxylic acids is 1. The summed E-state index contributed by atoms with van der Waals surface area (Å²) in [6, 6.07) is 0. The van der Waals surface area contributed by atoms with Crippen LogP contribution in [-0.4, -0.2) is 16.0 Å². The lowest BCUT2D eigenvalue weighted by Gasteiger charge is -2.14. The maximum atomic E-state index is 11.2. The lowest BCUT2D eigenvalue weighted by atomic mass is 9.97. The van der Waals surface area contributed by atoms with E-state index in [0.717, 1.165) is 17.7 Å². The van der Waals surface area contributed by atoms with Gasteiger partial charge in [0.2, 0.25) is 0 Å². The summed E-state index contributed by atoms with van der Waals surface area (Å²) in [7, 11) is 0. The first kappa shape index (κ1) is 7.03. The zero-order valence-electron chi connectivity index (χ0n) is 5.80. The molecule has 11 heavy (non-hydrogen) atoms. The van der Waals surface area contributed by atoms with E-state index < -0.39 is 0 Å². The van der Waals surface area contributed by atoms with Crippen molar-refractivity contribution in [2.24, 2.45) is 0 Å². The number of ketones is 1. The number of fused-ring (bicyclic) bond motifs is 1. The molecule has 1 aromatic rings. The molecule has 2 rings (SSSR count). The van der Waals surface area contributed by atoms with Gasteiger partial charge < -0.3 is 0 Å². The van der Waals surface area contributed by atoms with E-state index in [2.05, 4.69) is 26.1 Å². The second kappa shape index (κ2) is 2.44. The largest absolute Gasteiger partial charge is 0.294 e. The summed E-state index contributed by atoms with van der Waals surface area (Å²) in [5.41, 5.74) is 1.68.